The number of carbonyl (C=O) groups excluding carboxylic acids is 1. The first-order valence-corrected chi connectivity index (χ1v) is 8.06. The Hall–Kier alpha value is -3.06. The number of allylic oxidation sites excluding steroid dienone is 1. The van der Waals surface area contributed by atoms with E-state index in [1.807, 2.05) is 43.3 Å². The van der Waals surface area contributed by atoms with Gasteiger partial charge < -0.3 is 9.64 Å². The lowest BCUT2D eigenvalue weighted by molar-refractivity contribution is -0.125. The molecule has 1 amide bonds. The summed E-state index contributed by atoms with van der Waals surface area (Å²) in [5, 5.41) is 8.82. The maximum absolute atomic E-state index is 12.4. The van der Waals surface area contributed by atoms with Crippen LogP contribution in [0.4, 0.5) is 0 Å². The van der Waals surface area contributed by atoms with Crippen molar-refractivity contribution in [2.75, 3.05) is 14.2 Å². The van der Waals surface area contributed by atoms with Crippen molar-refractivity contribution >= 4 is 5.91 Å². The fraction of sp³-hybridized carbons (Fsp3) is 0.238. The highest BCUT2D eigenvalue weighted by Crippen LogP contribution is 2.20. The number of likely N-dealkylation sites (N-methyl/N-ethyl adjacent to an activating group) is 1. The van der Waals surface area contributed by atoms with Gasteiger partial charge in [0.1, 0.15) is 5.75 Å². The van der Waals surface area contributed by atoms with Crippen LogP contribution in [0.3, 0.4) is 0 Å². The average Bonchev–Trinajstić information content (AvgIpc) is 2.62. The lowest BCUT2D eigenvalue weighted by Gasteiger charge is -2.16. The van der Waals surface area contributed by atoms with Crippen LogP contribution in [-0.2, 0) is 17.8 Å². The van der Waals surface area contributed by atoms with Crippen LogP contribution in [0.2, 0.25) is 0 Å². The Bertz CT molecular complexity index is 801. The number of para-hydroxylation sites is 1. The Morgan fingerprint density at radius 3 is 2.52 bits per heavy atom. The Balaban J connectivity index is 2.00. The number of nitrogens with zero attached hydrogens (tertiary/aromatic N) is 2. The van der Waals surface area contributed by atoms with Crippen molar-refractivity contribution in [1.82, 2.24) is 4.90 Å². The van der Waals surface area contributed by atoms with Crippen LogP contribution in [0.1, 0.15) is 23.6 Å². The van der Waals surface area contributed by atoms with Crippen molar-refractivity contribution in [2.45, 2.75) is 19.9 Å². The molecule has 0 atom stereocenters. The molecule has 0 aromatic heterocycles. The highest BCUT2D eigenvalue weighted by Gasteiger charge is 2.09. The van der Waals surface area contributed by atoms with Crippen molar-refractivity contribution in [3.05, 3.63) is 76.9 Å². The molecule has 0 N–H and O–H groups in total. The van der Waals surface area contributed by atoms with E-state index in [2.05, 4.69) is 6.07 Å². The average molecular weight is 334 g/mol. The zero-order valence-electron chi connectivity index (χ0n) is 14.8. The largest absolute Gasteiger partial charge is 0.496 e. The monoisotopic (exact) mass is 334 g/mol. The topological polar surface area (TPSA) is 53.3 Å². The Morgan fingerprint density at radius 1 is 1.20 bits per heavy atom. The molecule has 2 rings (SSSR count). The molecule has 0 radical (unpaired) electrons. The van der Waals surface area contributed by atoms with Gasteiger partial charge >= 0.3 is 0 Å². The number of hydrogen-bond donors (Lipinski definition) is 0. The number of rotatable bonds is 6. The molecule has 0 aliphatic heterocycles. The molecule has 4 heteroatoms. The third-order valence-corrected chi connectivity index (χ3v) is 3.91. The van der Waals surface area contributed by atoms with Gasteiger partial charge in [-0.15, -0.1) is 0 Å². The summed E-state index contributed by atoms with van der Waals surface area (Å²) in [4.78, 5) is 14.1. The van der Waals surface area contributed by atoms with Gasteiger partial charge in [0.15, 0.2) is 0 Å². The molecule has 0 spiro atoms. The van der Waals surface area contributed by atoms with Gasteiger partial charge in [0, 0.05) is 19.7 Å². The highest BCUT2D eigenvalue weighted by atomic mass is 16.5. The SMILES string of the molecule is COc1ccccc1CC(C)=CC(=O)N(C)Cc1ccc(C#N)cc1. The lowest BCUT2D eigenvalue weighted by atomic mass is 10.0. The molecule has 0 unspecified atom stereocenters. The van der Waals surface area contributed by atoms with E-state index in [1.165, 1.54) is 0 Å². The number of carbonyl (C=O) groups is 1. The van der Waals surface area contributed by atoms with Gasteiger partial charge in [-0.25, -0.2) is 0 Å². The molecule has 0 saturated carbocycles. The molecular formula is C21H22N2O2. The molecule has 0 aliphatic rings. The molecular weight excluding hydrogens is 312 g/mol. The zero-order valence-corrected chi connectivity index (χ0v) is 14.8. The molecule has 2 aromatic carbocycles. The summed E-state index contributed by atoms with van der Waals surface area (Å²) >= 11 is 0. The van der Waals surface area contributed by atoms with Crippen LogP contribution < -0.4 is 4.74 Å². The highest BCUT2D eigenvalue weighted by molar-refractivity contribution is 5.88. The molecule has 0 saturated heterocycles. The second-order valence-electron chi connectivity index (χ2n) is 5.98. The van der Waals surface area contributed by atoms with Gasteiger partial charge in [0.05, 0.1) is 18.7 Å². The van der Waals surface area contributed by atoms with Gasteiger partial charge in [-0.3, -0.25) is 4.79 Å². The minimum atomic E-state index is -0.0447. The Kier molecular flexibility index (Phi) is 6.36. The number of ether oxygens (including phenoxy) is 1. The minimum Gasteiger partial charge on any atom is -0.496 e. The van der Waals surface area contributed by atoms with Gasteiger partial charge in [0.25, 0.3) is 0 Å². The smallest absolute Gasteiger partial charge is 0.246 e. The Labute approximate surface area is 149 Å². The summed E-state index contributed by atoms with van der Waals surface area (Å²) in [6, 6.07) is 17.2. The summed E-state index contributed by atoms with van der Waals surface area (Å²) in [5.41, 5.74) is 3.64. The van der Waals surface area contributed by atoms with E-state index in [4.69, 9.17) is 10.00 Å². The maximum atomic E-state index is 12.4. The van der Waals surface area contributed by atoms with E-state index >= 15 is 0 Å². The van der Waals surface area contributed by atoms with E-state index < -0.39 is 0 Å². The molecule has 2 aromatic rings. The standard InChI is InChI=1S/C21H22N2O2/c1-16(12-19-6-4-5-7-20(19)25-3)13-21(24)23(2)15-18-10-8-17(14-22)9-11-18/h4-11,13H,12,15H2,1-3H3. The maximum Gasteiger partial charge on any atom is 0.246 e. The van der Waals surface area contributed by atoms with E-state index in [-0.39, 0.29) is 5.91 Å². The van der Waals surface area contributed by atoms with Crippen molar-refractivity contribution in [3.63, 3.8) is 0 Å². The third-order valence-electron chi connectivity index (χ3n) is 3.91. The van der Waals surface area contributed by atoms with Crippen molar-refractivity contribution < 1.29 is 9.53 Å². The van der Waals surface area contributed by atoms with E-state index in [9.17, 15) is 4.79 Å². The van der Waals surface area contributed by atoms with Gasteiger partial charge in [-0.2, -0.15) is 5.26 Å². The first-order valence-electron chi connectivity index (χ1n) is 8.06. The summed E-state index contributed by atoms with van der Waals surface area (Å²) in [6.07, 6.45) is 2.33. The van der Waals surface area contributed by atoms with E-state index in [1.54, 1.807) is 37.3 Å². The van der Waals surface area contributed by atoms with Crippen LogP contribution in [0.15, 0.2) is 60.2 Å². The predicted molar refractivity (Wildman–Crippen MR) is 98.1 cm³/mol. The normalized spacial score (nSPS) is 10.9. The van der Waals surface area contributed by atoms with Crippen LogP contribution in [0.5, 0.6) is 5.75 Å². The molecule has 4 nitrogen and oxygen atoms in total. The molecule has 128 valence electrons. The predicted octanol–water partition coefficient (Wildman–Crippen LogP) is 3.71. The quantitative estimate of drug-likeness (QED) is 0.757. The lowest BCUT2D eigenvalue weighted by Crippen LogP contribution is -2.24. The van der Waals surface area contributed by atoms with Crippen LogP contribution in [-0.4, -0.2) is 25.0 Å². The number of benzene rings is 2. The van der Waals surface area contributed by atoms with E-state index in [0.29, 0.717) is 18.5 Å². The summed E-state index contributed by atoms with van der Waals surface area (Å²) in [5.74, 6) is 0.783. The van der Waals surface area contributed by atoms with Gasteiger partial charge in [-0.05, 0) is 42.7 Å². The molecule has 0 fully saturated rings. The number of methoxy groups -OCH3 is 1. The van der Waals surface area contributed by atoms with E-state index in [0.717, 1.165) is 22.4 Å². The summed E-state index contributed by atoms with van der Waals surface area (Å²) < 4.78 is 5.35. The third kappa shape index (κ3) is 5.22. The first kappa shape index (κ1) is 18.3. The first-order chi connectivity index (χ1) is 12.0. The molecule has 25 heavy (non-hydrogen) atoms. The minimum absolute atomic E-state index is 0.0447. The zero-order chi connectivity index (χ0) is 18.2. The Morgan fingerprint density at radius 2 is 1.88 bits per heavy atom. The van der Waals surface area contributed by atoms with Crippen LogP contribution in [0, 0.1) is 11.3 Å². The second-order valence-corrected chi connectivity index (χ2v) is 5.98. The van der Waals surface area contributed by atoms with Crippen LogP contribution in [0.25, 0.3) is 0 Å². The fourth-order valence-electron chi connectivity index (χ4n) is 2.56. The molecule has 0 aliphatic carbocycles. The summed E-state index contributed by atoms with van der Waals surface area (Å²) in [6.45, 7) is 2.45. The van der Waals surface area contributed by atoms with Crippen LogP contribution >= 0.6 is 0 Å². The van der Waals surface area contributed by atoms with Crippen molar-refractivity contribution in [1.29, 1.82) is 5.26 Å². The number of amides is 1. The van der Waals surface area contributed by atoms with Gasteiger partial charge in [-0.1, -0.05) is 35.9 Å². The number of hydrogen-bond acceptors (Lipinski definition) is 3. The van der Waals surface area contributed by atoms with Gasteiger partial charge in [0.2, 0.25) is 5.91 Å². The summed E-state index contributed by atoms with van der Waals surface area (Å²) in [7, 11) is 3.42. The van der Waals surface area contributed by atoms with Crippen molar-refractivity contribution in [3.8, 4) is 11.8 Å². The van der Waals surface area contributed by atoms with Crippen molar-refractivity contribution in [2.24, 2.45) is 0 Å². The fourth-order valence-corrected chi connectivity index (χ4v) is 2.56. The number of nitriles is 1. The second kappa shape index (κ2) is 8.70. The molecule has 0 bridgehead atoms. The molecule has 0 heterocycles.